The Bertz CT molecular complexity index is 283. The molecule has 78 valence electrons. The first kappa shape index (κ1) is 11.2. The van der Waals surface area contributed by atoms with Crippen LogP contribution >= 0.6 is 15.9 Å². The van der Waals surface area contributed by atoms with Crippen molar-refractivity contribution in [1.82, 2.24) is 0 Å². The van der Waals surface area contributed by atoms with E-state index in [1.807, 2.05) is 0 Å². The van der Waals surface area contributed by atoms with Gasteiger partial charge in [0.2, 0.25) is 0 Å². The molecule has 5 heteroatoms. The summed E-state index contributed by atoms with van der Waals surface area (Å²) in [5.41, 5.74) is 0. The van der Waals surface area contributed by atoms with Crippen LogP contribution in [0.25, 0.3) is 0 Å². The normalized spacial score (nSPS) is 20.0. The largest absolute Gasteiger partial charge is 0.462 e. The van der Waals surface area contributed by atoms with Crippen LogP contribution in [0, 0.1) is 0 Å². The van der Waals surface area contributed by atoms with Gasteiger partial charge in [0, 0.05) is 12.8 Å². The highest BCUT2D eigenvalue weighted by atomic mass is 79.9. The average Bonchev–Trinajstić information content (AvgIpc) is 2.17. The van der Waals surface area contributed by atoms with E-state index in [4.69, 9.17) is 9.47 Å². The lowest BCUT2D eigenvalue weighted by Gasteiger charge is -2.15. The third-order valence-corrected chi connectivity index (χ3v) is 2.49. The number of ether oxygens (including phenoxy) is 2. The first-order chi connectivity index (χ1) is 6.65. The van der Waals surface area contributed by atoms with Crippen molar-refractivity contribution in [1.29, 1.82) is 0 Å². The molecule has 14 heavy (non-hydrogen) atoms. The molecule has 0 amide bonds. The molecule has 0 N–H and O–H groups in total. The minimum Gasteiger partial charge on any atom is -0.462 e. The SMILES string of the molecule is CCOC(=O)/C(Br)=C1\CCCC(=O)O1. The van der Waals surface area contributed by atoms with E-state index in [9.17, 15) is 9.59 Å². The van der Waals surface area contributed by atoms with E-state index < -0.39 is 5.97 Å². The molecular formula is C9H11BrO4. The first-order valence-electron chi connectivity index (χ1n) is 4.41. The number of halogens is 1. The van der Waals surface area contributed by atoms with Gasteiger partial charge in [-0.15, -0.1) is 0 Å². The van der Waals surface area contributed by atoms with Gasteiger partial charge in [-0.3, -0.25) is 4.79 Å². The van der Waals surface area contributed by atoms with Gasteiger partial charge < -0.3 is 9.47 Å². The highest BCUT2D eigenvalue weighted by Gasteiger charge is 2.21. The average molecular weight is 263 g/mol. The van der Waals surface area contributed by atoms with Gasteiger partial charge in [0.1, 0.15) is 10.2 Å². The highest BCUT2D eigenvalue weighted by Crippen LogP contribution is 2.24. The Hall–Kier alpha value is -0.840. The van der Waals surface area contributed by atoms with Crippen molar-refractivity contribution in [3.8, 4) is 0 Å². The smallest absolute Gasteiger partial charge is 0.348 e. The molecule has 0 bridgehead atoms. The molecule has 0 atom stereocenters. The topological polar surface area (TPSA) is 52.6 Å². The van der Waals surface area contributed by atoms with E-state index in [-0.39, 0.29) is 10.5 Å². The molecule has 0 unspecified atom stereocenters. The summed E-state index contributed by atoms with van der Waals surface area (Å²) in [7, 11) is 0. The third kappa shape index (κ3) is 2.83. The number of allylic oxidation sites excluding steroid dienone is 1. The molecule has 0 aromatic carbocycles. The molecule has 0 radical (unpaired) electrons. The van der Waals surface area contributed by atoms with Gasteiger partial charge in [0.05, 0.1) is 6.61 Å². The lowest BCUT2D eigenvalue weighted by molar-refractivity contribution is -0.142. The van der Waals surface area contributed by atoms with Crippen LogP contribution < -0.4 is 0 Å². The molecule has 0 aliphatic carbocycles. The molecule has 0 aromatic heterocycles. The Morgan fingerprint density at radius 3 is 2.86 bits per heavy atom. The Morgan fingerprint density at radius 2 is 2.29 bits per heavy atom. The summed E-state index contributed by atoms with van der Waals surface area (Å²) in [5, 5.41) is 0. The van der Waals surface area contributed by atoms with Crippen molar-refractivity contribution >= 4 is 27.9 Å². The van der Waals surface area contributed by atoms with Gasteiger partial charge in [0.15, 0.2) is 0 Å². The maximum atomic E-state index is 11.2. The zero-order chi connectivity index (χ0) is 10.6. The zero-order valence-corrected chi connectivity index (χ0v) is 9.43. The molecule has 1 fully saturated rings. The number of cyclic esters (lactones) is 1. The minimum atomic E-state index is -0.489. The molecule has 0 aromatic rings. The maximum absolute atomic E-state index is 11.2. The third-order valence-electron chi connectivity index (χ3n) is 1.72. The standard InChI is InChI=1S/C9H11BrO4/c1-2-13-9(12)8(10)6-4-3-5-7(11)14-6/h2-5H2,1H3/b8-6-. The molecule has 0 saturated carbocycles. The van der Waals surface area contributed by atoms with Crippen LogP contribution in [0.2, 0.25) is 0 Å². The molecule has 1 aliphatic heterocycles. The predicted molar refractivity (Wildman–Crippen MR) is 52.5 cm³/mol. The summed E-state index contributed by atoms with van der Waals surface area (Å²) in [6.07, 6.45) is 1.71. The predicted octanol–water partition coefficient (Wildman–Crippen LogP) is 1.88. The van der Waals surface area contributed by atoms with Crippen molar-refractivity contribution in [2.75, 3.05) is 6.61 Å². The van der Waals surface area contributed by atoms with E-state index in [0.29, 0.717) is 31.6 Å². The summed E-state index contributed by atoms with van der Waals surface area (Å²) in [6, 6.07) is 0. The number of carbonyl (C=O) groups excluding carboxylic acids is 2. The fourth-order valence-electron chi connectivity index (χ4n) is 1.10. The molecule has 1 heterocycles. The van der Waals surface area contributed by atoms with Crippen LogP contribution in [0.4, 0.5) is 0 Å². The van der Waals surface area contributed by atoms with Crippen LogP contribution in [0.3, 0.4) is 0 Å². The van der Waals surface area contributed by atoms with Gasteiger partial charge in [0.25, 0.3) is 0 Å². The summed E-state index contributed by atoms with van der Waals surface area (Å²) >= 11 is 3.06. The van der Waals surface area contributed by atoms with Gasteiger partial charge >= 0.3 is 11.9 Å². The summed E-state index contributed by atoms with van der Waals surface area (Å²) in [5.74, 6) is -0.413. The zero-order valence-electron chi connectivity index (χ0n) is 7.84. The van der Waals surface area contributed by atoms with Crippen LogP contribution in [0.5, 0.6) is 0 Å². The van der Waals surface area contributed by atoms with Gasteiger partial charge in [-0.05, 0) is 29.3 Å². The Balaban J connectivity index is 2.71. The van der Waals surface area contributed by atoms with Gasteiger partial charge in [-0.1, -0.05) is 0 Å². The molecule has 4 nitrogen and oxygen atoms in total. The maximum Gasteiger partial charge on any atom is 0.348 e. The second-order valence-electron chi connectivity index (χ2n) is 2.79. The summed E-state index contributed by atoms with van der Waals surface area (Å²) in [6.45, 7) is 2.02. The molecule has 1 saturated heterocycles. The Kier molecular flexibility index (Phi) is 4.13. The Labute approximate surface area is 90.4 Å². The van der Waals surface area contributed by atoms with E-state index in [1.54, 1.807) is 6.92 Å². The first-order valence-corrected chi connectivity index (χ1v) is 5.21. The number of carbonyl (C=O) groups is 2. The van der Waals surface area contributed by atoms with Crippen molar-refractivity contribution in [2.45, 2.75) is 26.2 Å². The van der Waals surface area contributed by atoms with E-state index in [2.05, 4.69) is 15.9 Å². The lowest BCUT2D eigenvalue weighted by atomic mass is 10.1. The van der Waals surface area contributed by atoms with Crippen molar-refractivity contribution in [3.05, 3.63) is 10.2 Å². The summed E-state index contributed by atoms with van der Waals surface area (Å²) < 4.78 is 9.88. The van der Waals surface area contributed by atoms with Crippen LogP contribution in [-0.4, -0.2) is 18.5 Å². The number of hydrogen-bond acceptors (Lipinski definition) is 4. The monoisotopic (exact) mass is 262 g/mol. The second-order valence-corrected chi connectivity index (χ2v) is 3.58. The molecule has 0 spiro atoms. The Morgan fingerprint density at radius 1 is 1.57 bits per heavy atom. The van der Waals surface area contributed by atoms with Crippen molar-refractivity contribution in [2.24, 2.45) is 0 Å². The van der Waals surface area contributed by atoms with E-state index in [1.165, 1.54) is 0 Å². The number of rotatable bonds is 2. The highest BCUT2D eigenvalue weighted by molar-refractivity contribution is 9.12. The molecular weight excluding hydrogens is 252 g/mol. The van der Waals surface area contributed by atoms with Crippen LogP contribution in [-0.2, 0) is 19.1 Å². The molecule has 1 rings (SSSR count). The second kappa shape index (κ2) is 5.14. The fraction of sp³-hybridized carbons (Fsp3) is 0.556. The number of esters is 2. The fourth-order valence-corrected chi connectivity index (χ4v) is 1.49. The van der Waals surface area contributed by atoms with Crippen molar-refractivity contribution in [3.63, 3.8) is 0 Å². The van der Waals surface area contributed by atoms with E-state index >= 15 is 0 Å². The van der Waals surface area contributed by atoms with Crippen molar-refractivity contribution < 1.29 is 19.1 Å². The van der Waals surface area contributed by atoms with Crippen LogP contribution in [0.1, 0.15) is 26.2 Å². The lowest BCUT2D eigenvalue weighted by Crippen LogP contribution is -2.14. The summed E-state index contributed by atoms with van der Waals surface area (Å²) in [4.78, 5) is 22.2. The molecule has 1 aliphatic rings. The van der Waals surface area contributed by atoms with Gasteiger partial charge in [-0.2, -0.15) is 0 Å². The van der Waals surface area contributed by atoms with E-state index in [0.717, 1.165) is 0 Å². The number of hydrogen-bond donors (Lipinski definition) is 0. The minimum absolute atomic E-state index is 0.215. The quantitative estimate of drug-likeness (QED) is 0.563. The van der Waals surface area contributed by atoms with Gasteiger partial charge in [-0.25, -0.2) is 4.79 Å². The van der Waals surface area contributed by atoms with Crippen LogP contribution in [0.15, 0.2) is 10.2 Å².